The third-order valence-corrected chi connectivity index (χ3v) is 6.36. The summed E-state index contributed by atoms with van der Waals surface area (Å²) in [6.45, 7) is 3.41. The lowest BCUT2D eigenvalue weighted by atomic mass is 9.93. The number of amides is 1. The molecule has 3 aromatic rings. The van der Waals surface area contributed by atoms with E-state index < -0.39 is 0 Å². The molecule has 1 saturated heterocycles. The Kier molecular flexibility index (Phi) is 5.74. The number of halogens is 1. The summed E-state index contributed by atoms with van der Waals surface area (Å²) in [5.74, 6) is 0.373. The maximum Gasteiger partial charge on any atom is 0.265 e. The fraction of sp³-hybridized carbons (Fsp3) is 0.318. The Labute approximate surface area is 174 Å². The number of rotatable bonds is 4. The topological polar surface area (TPSA) is 46.1 Å². The first-order chi connectivity index (χ1) is 13.6. The fourth-order valence-corrected chi connectivity index (χ4v) is 4.58. The first-order valence-corrected chi connectivity index (χ1v) is 10.8. The Morgan fingerprint density at radius 2 is 2.07 bits per heavy atom. The molecule has 1 aliphatic rings. The zero-order valence-electron chi connectivity index (χ0n) is 15.8. The van der Waals surface area contributed by atoms with Crippen LogP contribution in [0.2, 0.25) is 5.02 Å². The van der Waals surface area contributed by atoms with Crippen LogP contribution in [0.15, 0.2) is 48.0 Å². The Morgan fingerprint density at radius 1 is 1.25 bits per heavy atom. The number of hydrogen-bond donors (Lipinski definition) is 0. The van der Waals surface area contributed by atoms with Crippen LogP contribution < -0.4 is 0 Å². The van der Waals surface area contributed by atoms with Gasteiger partial charge in [0, 0.05) is 41.8 Å². The zero-order chi connectivity index (χ0) is 19.5. The minimum atomic E-state index is 0.0991. The Hall–Kier alpha value is -2.24. The van der Waals surface area contributed by atoms with E-state index >= 15 is 0 Å². The number of aromatic nitrogens is 2. The molecule has 3 heterocycles. The number of carbonyl (C=O) groups excluding carboxylic acids is 1. The molecule has 1 amide bonds. The summed E-state index contributed by atoms with van der Waals surface area (Å²) in [4.78, 5) is 24.7. The molecule has 0 saturated carbocycles. The van der Waals surface area contributed by atoms with Crippen molar-refractivity contribution in [1.29, 1.82) is 0 Å². The summed E-state index contributed by atoms with van der Waals surface area (Å²) in [6, 6.07) is 14.1. The molecule has 2 aromatic heterocycles. The van der Waals surface area contributed by atoms with Crippen molar-refractivity contribution in [1.82, 2.24) is 14.9 Å². The van der Waals surface area contributed by atoms with Crippen LogP contribution in [0.1, 0.15) is 51.1 Å². The third-order valence-electron chi connectivity index (χ3n) is 5.19. The van der Waals surface area contributed by atoms with Crippen molar-refractivity contribution in [2.24, 2.45) is 0 Å². The lowest BCUT2D eigenvalue weighted by molar-refractivity contribution is 0.0710. The highest BCUT2D eigenvalue weighted by Gasteiger charge is 2.28. The van der Waals surface area contributed by atoms with Crippen molar-refractivity contribution in [2.45, 2.75) is 32.1 Å². The normalized spacial score (nSPS) is 16.9. The summed E-state index contributed by atoms with van der Waals surface area (Å²) < 4.78 is 0. The van der Waals surface area contributed by atoms with Crippen LogP contribution in [0, 0.1) is 6.92 Å². The predicted molar refractivity (Wildman–Crippen MR) is 113 cm³/mol. The van der Waals surface area contributed by atoms with Crippen molar-refractivity contribution >= 4 is 28.8 Å². The third kappa shape index (κ3) is 4.26. The molecule has 0 unspecified atom stereocenters. The average molecular weight is 412 g/mol. The molecule has 0 radical (unpaired) electrons. The van der Waals surface area contributed by atoms with Crippen LogP contribution in [0.4, 0.5) is 0 Å². The number of hydrogen-bond acceptors (Lipinski definition) is 4. The molecule has 4 rings (SSSR count). The number of benzene rings is 1. The maximum absolute atomic E-state index is 12.9. The van der Waals surface area contributed by atoms with Gasteiger partial charge in [-0.25, -0.2) is 4.98 Å². The number of carbonyl (C=O) groups is 1. The standard InChI is InChI=1S/C22H22ClN3OS/c1-15-21(28-14-24-15)22(27)26-11-3-4-17(13-26)20-6-2-5-19(25-20)12-16-7-9-18(23)10-8-16/h2,5-10,14,17H,3-4,11-13H2,1H3/t17-/m0/s1. The highest BCUT2D eigenvalue weighted by molar-refractivity contribution is 7.11. The molecule has 0 N–H and O–H groups in total. The molecule has 1 aromatic carbocycles. The molecule has 144 valence electrons. The Bertz CT molecular complexity index is 970. The molecule has 1 atom stereocenters. The van der Waals surface area contributed by atoms with E-state index in [-0.39, 0.29) is 11.8 Å². The van der Waals surface area contributed by atoms with Gasteiger partial charge in [0.1, 0.15) is 4.88 Å². The lowest BCUT2D eigenvalue weighted by Gasteiger charge is -2.32. The summed E-state index contributed by atoms with van der Waals surface area (Å²) >= 11 is 7.40. The van der Waals surface area contributed by atoms with Gasteiger partial charge >= 0.3 is 0 Å². The molecule has 0 bridgehead atoms. The first-order valence-electron chi connectivity index (χ1n) is 9.50. The highest BCUT2D eigenvalue weighted by atomic mass is 35.5. The molecule has 4 nitrogen and oxygen atoms in total. The molecular formula is C22H22ClN3OS. The van der Waals surface area contributed by atoms with Crippen LogP contribution in [0.5, 0.6) is 0 Å². The number of piperidine rings is 1. The molecule has 1 fully saturated rings. The Morgan fingerprint density at radius 3 is 2.82 bits per heavy atom. The molecule has 1 aliphatic heterocycles. The highest BCUT2D eigenvalue weighted by Crippen LogP contribution is 2.28. The van der Waals surface area contributed by atoms with Gasteiger partial charge < -0.3 is 4.90 Å². The van der Waals surface area contributed by atoms with E-state index in [9.17, 15) is 4.79 Å². The van der Waals surface area contributed by atoms with Crippen molar-refractivity contribution in [3.63, 3.8) is 0 Å². The quantitative estimate of drug-likeness (QED) is 0.599. The number of nitrogens with zero attached hydrogens (tertiary/aromatic N) is 3. The SMILES string of the molecule is Cc1ncsc1C(=O)N1CCC[C@H](c2cccc(Cc3ccc(Cl)cc3)n2)C1. The summed E-state index contributed by atoms with van der Waals surface area (Å²) in [7, 11) is 0. The van der Waals surface area contributed by atoms with E-state index in [0.717, 1.165) is 52.8 Å². The lowest BCUT2D eigenvalue weighted by Crippen LogP contribution is -2.39. The predicted octanol–water partition coefficient (Wildman–Crippen LogP) is 5.11. The van der Waals surface area contributed by atoms with Gasteiger partial charge in [0.15, 0.2) is 0 Å². The average Bonchev–Trinajstić information content (AvgIpc) is 3.15. The van der Waals surface area contributed by atoms with E-state index in [4.69, 9.17) is 16.6 Å². The van der Waals surface area contributed by atoms with Gasteiger partial charge in [-0.1, -0.05) is 29.8 Å². The van der Waals surface area contributed by atoms with Crippen molar-refractivity contribution in [3.05, 3.63) is 80.5 Å². The van der Waals surface area contributed by atoms with Crippen molar-refractivity contribution in [2.75, 3.05) is 13.1 Å². The molecule has 6 heteroatoms. The summed E-state index contributed by atoms with van der Waals surface area (Å²) in [5, 5.41) is 0.744. The van der Waals surface area contributed by atoms with Gasteiger partial charge in [-0.3, -0.25) is 9.78 Å². The smallest absolute Gasteiger partial charge is 0.265 e. The summed E-state index contributed by atoms with van der Waals surface area (Å²) in [5.41, 5.74) is 5.87. The molecule has 28 heavy (non-hydrogen) atoms. The van der Waals surface area contributed by atoms with E-state index in [2.05, 4.69) is 23.2 Å². The summed E-state index contributed by atoms with van der Waals surface area (Å²) in [6.07, 6.45) is 2.83. The second-order valence-electron chi connectivity index (χ2n) is 7.21. The van der Waals surface area contributed by atoms with Crippen molar-refractivity contribution in [3.8, 4) is 0 Å². The van der Waals surface area contributed by atoms with Crippen molar-refractivity contribution < 1.29 is 4.79 Å². The van der Waals surface area contributed by atoms with Crippen LogP contribution in [0.25, 0.3) is 0 Å². The number of aryl methyl sites for hydroxylation is 1. The molecule has 0 aliphatic carbocycles. The van der Waals surface area contributed by atoms with Crippen LogP contribution in [-0.4, -0.2) is 33.9 Å². The minimum Gasteiger partial charge on any atom is -0.337 e. The van der Waals surface area contributed by atoms with E-state index in [1.807, 2.05) is 36.1 Å². The van der Waals surface area contributed by atoms with Gasteiger partial charge in [0.2, 0.25) is 0 Å². The monoisotopic (exact) mass is 411 g/mol. The number of likely N-dealkylation sites (tertiary alicyclic amines) is 1. The van der Waals surface area contributed by atoms with E-state index in [1.165, 1.54) is 16.9 Å². The Balaban J connectivity index is 1.48. The minimum absolute atomic E-state index is 0.0991. The maximum atomic E-state index is 12.9. The molecular weight excluding hydrogens is 390 g/mol. The van der Waals surface area contributed by atoms with E-state index in [1.54, 1.807) is 5.51 Å². The second-order valence-corrected chi connectivity index (χ2v) is 8.51. The van der Waals surface area contributed by atoms with Gasteiger partial charge in [-0.2, -0.15) is 0 Å². The number of thiazole rings is 1. The molecule has 0 spiro atoms. The van der Waals surface area contributed by atoms with E-state index in [0.29, 0.717) is 6.54 Å². The van der Waals surface area contributed by atoms with Gasteiger partial charge in [-0.15, -0.1) is 11.3 Å². The first kappa shape index (κ1) is 19.1. The van der Waals surface area contributed by atoms with Gasteiger partial charge in [0.05, 0.1) is 11.2 Å². The zero-order valence-corrected chi connectivity index (χ0v) is 17.3. The second kappa shape index (κ2) is 8.41. The number of pyridine rings is 1. The van der Waals surface area contributed by atoms with Crippen LogP contribution in [-0.2, 0) is 6.42 Å². The largest absolute Gasteiger partial charge is 0.337 e. The van der Waals surface area contributed by atoms with Crippen LogP contribution in [0.3, 0.4) is 0 Å². The van der Waals surface area contributed by atoms with Gasteiger partial charge in [0.25, 0.3) is 5.91 Å². The fourth-order valence-electron chi connectivity index (χ4n) is 3.69. The van der Waals surface area contributed by atoms with Gasteiger partial charge in [-0.05, 0) is 49.6 Å². The van der Waals surface area contributed by atoms with Crippen LogP contribution >= 0.6 is 22.9 Å².